The van der Waals surface area contributed by atoms with E-state index in [0.29, 0.717) is 5.69 Å². The van der Waals surface area contributed by atoms with Crippen LogP contribution in [0.4, 0.5) is 14.9 Å². The summed E-state index contributed by atoms with van der Waals surface area (Å²) in [4.78, 5) is 27.2. The van der Waals surface area contributed by atoms with Crippen molar-refractivity contribution in [2.24, 2.45) is 0 Å². The van der Waals surface area contributed by atoms with Gasteiger partial charge < -0.3 is 19.7 Å². The number of fused-ring (bicyclic) bond motifs is 1. The number of sulfonamides is 1. The van der Waals surface area contributed by atoms with Crippen molar-refractivity contribution >= 4 is 39.2 Å². The lowest BCUT2D eigenvalue weighted by Gasteiger charge is -2.25. The van der Waals surface area contributed by atoms with Crippen LogP contribution in [0.15, 0.2) is 77.7 Å². The lowest BCUT2D eigenvalue weighted by molar-refractivity contribution is -0.173. The van der Waals surface area contributed by atoms with Gasteiger partial charge >= 0.3 is 12.1 Å². The summed E-state index contributed by atoms with van der Waals surface area (Å²) >= 11 is 5.97. The molecule has 1 heterocycles. The smallest absolute Gasteiger partial charge is 0.404 e. The molecule has 0 saturated heterocycles. The van der Waals surface area contributed by atoms with Gasteiger partial charge in [0.1, 0.15) is 10.9 Å². The first kappa shape index (κ1) is 26.2. The maximum absolute atomic E-state index is 14.1. The molecule has 0 saturated carbocycles. The molecule has 2 N–H and O–H groups in total. The first-order valence-corrected chi connectivity index (χ1v) is 12.9. The van der Waals surface area contributed by atoms with Gasteiger partial charge in [-0.25, -0.2) is 17.9 Å². The highest BCUT2D eigenvalue weighted by Crippen LogP contribution is 2.42. The minimum Gasteiger partial charge on any atom is -0.423 e. The Morgan fingerprint density at radius 1 is 1.03 bits per heavy atom. The quantitative estimate of drug-likeness (QED) is 0.462. The van der Waals surface area contributed by atoms with Crippen LogP contribution < -0.4 is 24.4 Å². The zero-order valence-electron chi connectivity index (χ0n) is 19.8. The monoisotopic (exact) mass is 547 g/mol. The van der Waals surface area contributed by atoms with E-state index in [1.54, 1.807) is 36.4 Å². The Morgan fingerprint density at radius 3 is 2.38 bits per heavy atom. The fourth-order valence-corrected chi connectivity index (χ4v) is 5.16. The van der Waals surface area contributed by atoms with Crippen LogP contribution in [0.3, 0.4) is 0 Å². The number of nitrogens with one attached hydrogen (secondary N) is 2. The third kappa shape index (κ3) is 6.12. The lowest BCUT2D eigenvalue weighted by Crippen LogP contribution is -2.52. The molecule has 2 atom stereocenters. The fraction of sp³-hybridized carbons (Fsp3) is 0.200. The molecule has 3 amide bonds. The number of nitrogens with zero attached hydrogens (tertiary/aromatic N) is 1. The molecule has 0 fully saturated rings. The van der Waals surface area contributed by atoms with E-state index >= 15 is 0 Å². The van der Waals surface area contributed by atoms with E-state index in [0.717, 1.165) is 12.5 Å². The number of rotatable bonds is 7. The summed E-state index contributed by atoms with van der Waals surface area (Å²) in [5, 5.41) is 2.38. The van der Waals surface area contributed by atoms with E-state index in [9.17, 15) is 22.4 Å². The van der Waals surface area contributed by atoms with Crippen LogP contribution in [0.5, 0.6) is 11.5 Å². The van der Waals surface area contributed by atoms with Crippen LogP contribution in [-0.4, -0.2) is 39.5 Å². The molecule has 3 aromatic rings. The Kier molecular flexibility index (Phi) is 7.28. The highest BCUT2D eigenvalue weighted by atomic mass is 35.5. The van der Waals surface area contributed by atoms with Crippen LogP contribution in [0, 0.1) is 0 Å². The van der Waals surface area contributed by atoms with Gasteiger partial charge in [-0.2, -0.15) is 4.39 Å². The van der Waals surface area contributed by atoms with E-state index < -0.39 is 34.0 Å². The van der Waals surface area contributed by atoms with E-state index in [4.69, 9.17) is 21.1 Å². The van der Waals surface area contributed by atoms with Gasteiger partial charge in [-0.1, -0.05) is 54.1 Å². The molecule has 0 radical (unpaired) electrons. The second-order valence-electron chi connectivity index (χ2n) is 8.32. The molecule has 0 bridgehead atoms. The molecule has 0 aliphatic carbocycles. The number of ether oxygens (including phenoxy) is 2. The number of alkyl halides is 1. The number of benzene rings is 3. The molecule has 12 heteroatoms. The molecule has 37 heavy (non-hydrogen) atoms. The molecular formula is C25H23ClFN3O6S. The highest BCUT2D eigenvalue weighted by Gasteiger charge is 2.37. The van der Waals surface area contributed by atoms with Crippen LogP contribution in [0.2, 0.25) is 5.02 Å². The Hall–Kier alpha value is -3.83. The summed E-state index contributed by atoms with van der Waals surface area (Å²) in [5.74, 6) is -0.271. The van der Waals surface area contributed by atoms with Crippen molar-refractivity contribution in [3.63, 3.8) is 0 Å². The number of hydrogen-bond donors (Lipinski definition) is 2. The Bertz CT molecular complexity index is 1440. The number of carbonyl (C=O) groups is 2. The average molecular weight is 548 g/mol. The van der Waals surface area contributed by atoms with Gasteiger partial charge in [0, 0.05) is 32.1 Å². The number of likely N-dealkylation sites (N-methyl/N-ethyl adjacent to an activating group) is 1. The summed E-state index contributed by atoms with van der Waals surface area (Å²) in [6, 6.07) is 14.3. The number of hydrogen-bond acceptors (Lipinski definition) is 6. The van der Waals surface area contributed by atoms with Gasteiger partial charge in [0.2, 0.25) is 5.91 Å². The molecule has 3 aromatic carbocycles. The van der Waals surface area contributed by atoms with Crippen molar-refractivity contribution in [3.8, 4) is 11.5 Å². The highest BCUT2D eigenvalue weighted by molar-refractivity contribution is 7.90. The van der Waals surface area contributed by atoms with Gasteiger partial charge in [-0.3, -0.25) is 4.79 Å². The van der Waals surface area contributed by atoms with Crippen LogP contribution >= 0.6 is 11.6 Å². The van der Waals surface area contributed by atoms with Gasteiger partial charge in [0.25, 0.3) is 10.0 Å². The van der Waals surface area contributed by atoms with Crippen LogP contribution in [-0.2, 0) is 21.2 Å². The zero-order valence-corrected chi connectivity index (χ0v) is 21.3. The number of carbonyl (C=O) groups excluding carboxylic acids is 2. The Morgan fingerprint density at radius 2 is 1.68 bits per heavy atom. The van der Waals surface area contributed by atoms with Crippen molar-refractivity contribution < 1.29 is 31.9 Å². The first-order chi connectivity index (χ1) is 17.4. The van der Waals surface area contributed by atoms with Crippen molar-refractivity contribution in [2.45, 2.75) is 30.3 Å². The summed E-state index contributed by atoms with van der Waals surface area (Å²) in [6.07, 6.45) is 0.0661. The van der Waals surface area contributed by atoms with Gasteiger partial charge in [0.15, 0.2) is 11.5 Å². The third-order valence-corrected chi connectivity index (χ3v) is 7.30. The lowest BCUT2D eigenvalue weighted by atomic mass is 10.0. The first-order valence-electron chi connectivity index (χ1n) is 11.1. The second-order valence-corrected chi connectivity index (χ2v) is 10.4. The predicted octanol–water partition coefficient (Wildman–Crippen LogP) is 4.02. The minimum absolute atomic E-state index is 0.0633. The van der Waals surface area contributed by atoms with Crippen molar-refractivity contribution in [3.05, 3.63) is 83.4 Å². The van der Waals surface area contributed by atoms with Crippen molar-refractivity contribution in [2.75, 3.05) is 11.9 Å². The van der Waals surface area contributed by atoms with Crippen molar-refractivity contribution in [1.29, 1.82) is 0 Å². The van der Waals surface area contributed by atoms with E-state index in [1.807, 2.05) is 4.72 Å². The maximum Gasteiger partial charge on any atom is 0.404 e. The molecule has 1 aliphatic rings. The summed E-state index contributed by atoms with van der Waals surface area (Å²) < 4.78 is 51.5. The minimum atomic E-state index is -4.31. The van der Waals surface area contributed by atoms with Crippen LogP contribution in [0.1, 0.15) is 12.5 Å². The summed E-state index contributed by atoms with van der Waals surface area (Å²) in [7, 11) is -2.84. The summed E-state index contributed by atoms with van der Waals surface area (Å²) in [5.41, 5.74) is 1.07. The molecule has 194 valence electrons. The normalized spacial score (nSPS) is 17.1. The van der Waals surface area contributed by atoms with Gasteiger partial charge in [0.05, 0.1) is 5.02 Å². The van der Waals surface area contributed by atoms with Gasteiger partial charge in [-0.15, -0.1) is 0 Å². The molecule has 1 unspecified atom stereocenters. The molecule has 4 rings (SSSR count). The number of halogens is 2. The molecular weight excluding hydrogens is 525 g/mol. The zero-order chi connectivity index (χ0) is 26.8. The molecule has 9 nitrogen and oxygen atoms in total. The average Bonchev–Trinajstić information content (AvgIpc) is 3.16. The number of amides is 3. The Balaban J connectivity index is 1.55. The third-order valence-electron chi connectivity index (χ3n) is 5.47. The Labute approximate surface area is 218 Å². The van der Waals surface area contributed by atoms with E-state index in [1.165, 1.54) is 48.3 Å². The second kappa shape index (κ2) is 10.3. The maximum atomic E-state index is 14.1. The molecule has 0 spiro atoms. The van der Waals surface area contributed by atoms with Crippen molar-refractivity contribution in [1.82, 2.24) is 10.0 Å². The van der Waals surface area contributed by atoms with Crippen LogP contribution in [0.25, 0.3) is 0 Å². The largest absolute Gasteiger partial charge is 0.423 e. The predicted molar refractivity (Wildman–Crippen MR) is 135 cm³/mol. The van der Waals surface area contributed by atoms with Gasteiger partial charge in [-0.05, 0) is 29.8 Å². The summed E-state index contributed by atoms with van der Waals surface area (Å²) in [6.45, 7) is 1.11. The van der Waals surface area contributed by atoms with E-state index in [-0.39, 0.29) is 27.8 Å². The topological polar surface area (TPSA) is 114 Å². The molecule has 1 aliphatic heterocycles. The molecule has 0 aromatic heterocycles. The SMILES string of the molecule is CN(C(=O)[C@H](Cc1ccccc1)NC(=O)NS(=O)(=O)c1ccccc1Cl)c1ccc2c(c1)OC(C)(F)O2. The standard InChI is InChI=1S/C25H23ClFN3O6S/c1-25(27)35-20-13-12-17(15-21(20)36-25)30(2)23(31)19(14-16-8-4-3-5-9-16)28-24(32)29-37(33,34)22-11-7-6-10-18(22)26/h3-13,15,19H,14H2,1-2H3,(H2,28,29,32)/t19-,25?/m0/s1. The fourth-order valence-electron chi connectivity index (χ4n) is 3.72. The number of urea groups is 1. The number of anilines is 1. The van der Waals surface area contributed by atoms with E-state index in [2.05, 4.69) is 5.32 Å².